The molecule has 6 nitrogen and oxygen atoms in total. The lowest BCUT2D eigenvalue weighted by Gasteiger charge is -2.06. The van der Waals surface area contributed by atoms with Gasteiger partial charge in [0.05, 0.1) is 12.7 Å². The van der Waals surface area contributed by atoms with Crippen molar-refractivity contribution in [2.45, 2.75) is 13.0 Å². The van der Waals surface area contributed by atoms with Gasteiger partial charge in [-0.1, -0.05) is 11.2 Å². The Morgan fingerprint density at radius 1 is 1.50 bits per heavy atom. The largest absolute Gasteiger partial charge is 0.465 e. The van der Waals surface area contributed by atoms with Crippen LogP contribution in [-0.4, -0.2) is 29.8 Å². The Morgan fingerprint density at radius 2 is 2.35 bits per heavy atom. The Kier molecular flexibility index (Phi) is 4.78. The Bertz CT molecular complexity index is 572. The zero-order chi connectivity index (χ0) is 14.4. The number of nitrogens with one attached hydrogen (secondary N) is 1. The molecule has 1 heterocycles. The quantitative estimate of drug-likeness (QED) is 0.635. The van der Waals surface area contributed by atoms with Gasteiger partial charge in [0.15, 0.2) is 6.33 Å². The van der Waals surface area contributed by atoms with E-state index in [1.807, 2.05) is 0 Å². The van der Waals surface area contributed by atoms with Crippen LogP contribution in [0.15, 0.2) is 29.0 Å². The fraction of sp³-hybridized carbons (Fsp3) is 0.308. The Labute approximate surface area is 114 Å². The number of aromatic nitrogens is 2. The second-order valence-electron chi connectivity index (χ2n) is 4.07. The summed E-state index contributed by atoms with van der Waals surface area (Å²) in [4.78, 5) is 15.1. The van der Waals surface area contributed by atoms with Crippen molar-refractivity contribution in [3.63, 3.8) is 0 Å². The summed E-state index contributed by atoms with van der Waals surface area (Å²) in [6.45, 7) is 1.11. The highest BCUT2D eigenvalue weighted by atomic mass is 19.1. The van der Waals surface area contributed by atoms with Gasteiger partial charge in [0.25, 0.3) is 0 Å². The Hall–Kier alpha value is -2.28. The number of halogens is 1. The van der Waals surface area contributed by atoms with E-state index in [2.05, 4.69) is 20.2 Å². The highest BCUT2D eigenvalue weighted by Gasteiger charge is 2.12. The van der Waals surface area contributed by atoms with Gasteiger partial charge in [-0.05, 0) is 17.7 Å². The van der Waals surface area contributed by atoms with Crippen LogP contribution in [0.1, 0.15) is 21.8 Å². The van der Waals surface area contributed by atoms with Crippen LogP contribution in [0.25, 0.3) is 0 Å². The molecule has 0 aliphatic heterocycles. The van der Waals surface area contributed by atoms with Crippen LogP contribution in [0, 0.1) is 5.82 Å². The molecule has 1 N–H and O–H groups in total. The van der Waals surface area contributed by atoms with E-state index in [0.717, 1.165) is 5.56 Å². The van der Waals surface area contributed by atoms with Gasteiger partial charge in [0.1, 0.15) is 5.82 Å². The van der Waals surface area contributed by atoms with Crippen molar-refractivity contribution in [1.82, 2.24) is 15.5 Å². The molecule has 0 radical (unpaired) electrons. The predicted molar refractivity (Wildman–Crippen MR) is 67.4 cm³/mol. The van der Waals surface area contributed by atoms with Crippen molar-refractivity contribution in [3.8, 4) is 0 Å². The molecular formula is C13H14FN3O3. The van der Waals surface area contributed by atoms with Crippen molar-refractivity contribution in [1.29, 1.82) is 0 Å². The van der Waals surface area contributed by atoms with E-state index < -0.39 is 11.8 Å². The van der Waals surface area contributed by atoms with Crippen LogP contribution in [0.5, 0.6) is 0 Å². The van der Waals surface area contributed by atoms with Crippen molar-refractivity contribution < 1.29 is 18.4 Å². The van der Waals surface area contributed by atoms with Crippen LogP contribution in [0.4, 0.5) is 4.39 Å². The average molecular weight is 279 g/mol. The molecule has 0 saturated carbocycles. The minimum Gasteiger partial charge on any atom is -0.465 e. The summed E-state index contributed by atoms with van der Waals surface area (Å²) in [7, 11) is 1.22. The lowest BCUT2D eigenvalue weighted by molar-refractivity contribution is 0.0595. The number of nitrogens with zero attached hydrogens (tertiary/aromatic N) is 2. The molecule has 0 saturated heterocycles. The molecule has 0 amide bonds. The van der Waals surface area contributed by atoms with Gasteiger partial charge < -0.3 is 14.6 Å². The first-order valence-corrected chi connectivity index (χ1v) is 6.03. The van der Waals surface area contributed by atoms with E-state index in [1.54, 1.807) is 6.07 Å². The molecule has 0 atom stereocenters. The summed E-state index contributed by atoms with van der Waals surface area (Å²) in [6, 6.07) is 4.40. The third-order valence-corrected chi connectivity index (χ3v) is 2.69. The van der Waals surface area contributed by atoms with E-state index in [-0.39, 0.29) is 5.56 Å². The first kappa shape index (κ1) is 14.1. The summed E-state index contributed by atoms with van der Waals surface area (Å²) in [6.07, 6.45) is 1.94. The van der Waals surface area contributed by atoms with Crippen molar-refractivity contribution in [2.75, 3.05) is 13.7 Å². The minimum absolute atomic E-state index is 0.0675. The van der Waals surface area contributed by atoms with Gasteiger partial charge in [-0.3, -0.25) is 0 Å². The summed E-state index contributed by atoms with van der Waals surface area (Å²) >= 11 is 0. The number of carbonyl (C=O) groups is 1. The van der Waals surface area contributed by atoms with Crippen LogP contribution < -0.4 is 5.32 Å². The SMILES string of the molecule is COC(=O)c1ccc(CNCCc2ncno2)cc1F. The zero-order valence-electron chi connectivity index (χ0n) is 10.9. The van der Waals surface area contributed by atoms with E-state index >= 15 is 0 Å². The van der Waals surface area contributed by atoms with Crippen molar-refractivity contribution in [2.24, 2.45) is 0 Å². The van der Waals surface area contributed by atoms with Gasteiger partial charge in [-0.2, -0.15) is 4.98 Å². The van der Waals surface area contributed by atoms with Gasteiger partial charge >= 0.3 is 5.97 Å². The van der Waals surface area contributed by atoms with Gasteiger partial charge in [0, 0.05) is 19.5 Å². The molecule has 0 aliphatic carbocycles. The highest BCUT2D eigenvalue weighted by Crippen LogP contribution is 2.11. The monoisotopic (exact) mass is 279 g/mol. The first-order chi connectivity index (χ1) is 9.70. The molecular weight excluding hydrogens is 265 g/mol. The standard InChI is InChI=1S/C13H14FN3O3/c1-19-13(18)10-3-2-9(6-11(10)14)7-15-5-4-12-16-8-17-20-12/h2-3,6,8,15H,4-5,7H2,1H3. The summed E-state index contributed by atoms with van der Waals surface area (Å²) < 4.78 is 23.0. The molecule has 1 aromatic heterocycles. The number of benzene rings is 1. The Morgan fingerprint density at radius 3 is 3.00 bits per heavy atom. The van der Waals surface area contributed by atoms with Gasteiger partial charge in [-0.25, -0.2) is 9.18 Å². The zero-order valence-corrected chi connectivity index (χ0v) is 10.9. The van der Waals surface area contributed by atoms with Crippen molar-refractivity contribution >= 4 is 5.97 Å². The van der Waals surface area contributed by atoms with Crippen LogP contribution >= 0.6 is 0 Å². The van der Waals surface area contributed by atoms with E-state index in [0.29, 0.717) is 25.4 Å². The molecule has 2 aromatic rings. The third kappa shape index (κ3) is 3.61. The summed E-state index contributed by atoms with van der Waals surface area (Å²) in [5.74, 6) is -0.726. The minimum atomic E-state index is -0.682. The number of rotatable bonds is 6. The smallest absolute Gasteiger partial charge is 0.340 e. The maximum Gasteiger partial charge on any atom is 0.340 e. The van der Waals surface area contributed by atoms with Crippen LogP contribution in [-0.2, 0) is 17.7 Å². The summed E-state index contributed by atoms with van der Waals surface area (Å²) in [5, 5.41) is 6.62. The summed E-state index contributed by atoms with van der Waals surface area (Å²) in [5.41, 5.74) is 0.669. The maximum absolute atomic E-state index is 13.7. The fourth-order valence-corrected chi connectivity index (χ4v) is 1.68. The molecule has 0 unspecified atom stereocenters. The van der Waals surface area contributed by atoms with Gasteiger partial charge in [0.2, 0.25) is 5.89 Å². The molecule has 20 heavy (non-hydrogen) atoms. The lowest BCUT2D eigenvalue weighted by Crippen LogP contribution is -2.17. The number of esters is 1. The molecule has 1 aromatic carbocycles. The van der Waals surface area contributed by atoms with Crippen LogP contribution in [0.2, 0.25) is 0 Å². The first-order valence-electron chi connectivity index (χ1n) is 6.03. The average Bonchev–Trinajstić information content (AvgIpc) is 2.96. The number of carbonyl (C=O) groups excluding carboxylic acids is 1. The fourth-order valence-electron chi connectivity index (χ4n) is 1.68. The number of ether oxygens (including phenoxy) is 1. The molecule has 106 valence electrons. The number of hydrogen-bond acceptors (Lipinski definition) is 6. The second-order valence-corrected chi connectivity index (χ2v) is 4.07. The lowest BCUT2D eigenvalue weighted by atomic mass is 10.1. The number of hydrogen-bond donors (Lipinski definition) is 1. The molecule has 7 heteroatoms. The molecule has 0 fully saturated rings. The number of methoxy groups -OCH3 is 1. The van der Waals surface area contributed by atoms with Crippen molar-refractivity contribution in [3.05, 3.63) is 47.4 Å². The topological polar surface area (TPSA) is 77.2 Å². The second kappa shape index (κ2) is 6.76. The molecule has 2 rings (SSSR count). The molecule has 0 aliphatic rings. The van der Waals surface area contributed by atoms with E-state index in [4.69, 9.17) is 4.52 Å². The third-order valence-electron chi connectivity index (χ3n) is 2.69. The maximum atomic E-state index is 13.7. The van der Waals surface area contributed by atoms with E-state index in [9.17, 15) is 9.18 Å². The molecule has 0 spiro atoms. The Balaban J connectivity index is 1.84. The van der Waals surface area contributed by atoms with Crippen LogP contribution in [0.3, 0.4) is 0 Å². The highest BCUT2D eigenvalue weighted by molar-refractivity contribution is 5.89. The predicted octanol–water partition coefficient (Wildman–Crippen LogP) is 1.33. The molecule has 0 bridgehead atoms. The van der Waals surface area contributed by atoms with Gasteiger partial charge in [-0.15, -0.1) is 0 Å². The van der Waals surface area contributed by atoms with E-state index in [1.165, 1.54) is 25.6 Å². The normalized spacial score (nSPS) is 10.5.